The predicted molar refractivity (Wildman–Crippen MR) is 80.0 cm³/mol. The molecular weight excluding hydrogens is 244 g/mol. The van der Waals surface area contributed by atoms with Crippen LogP contribution in [0.2, 0.25) is 0 Å². The Balaban J connectivity index is 2.60. The van der Waals surface area contributed by atoms with Crippen LogP contribution in [0.5, 0.6) is 0 Å². The maximum absolute atomic E-state index is 12.5. The van der Waals surface area contributed by atoms with Gasteiger partial charge in [0.2, 0.25) is 5.91 Å². The van der Waals surface area contributed by atoms with Gasteiger partial charge in [0, 0.05) is 11.3 Å². The van der Waals surface area contributed by atoms with Gasteiger partial charge in [0.25, 0.3) is 0 Å². The maximum atomic E-state index is 12.5. The van der Waals surface area contributed by atoms with Crippen molar-refractivity contribution in [1.82, 2.24) is 10.6 Å². The molecule has 4 heteroatoms. The third-order valence-electron chi connectivity index (χ3n) is 4.00. The molecule has 3 nitrogen and oxygen atoms in total. The summed E-state index contributed by atoms with van der Waals surface area (Å²) < 4.78 is 0.121. The fourth-order valence-electron chi connectivity index (χ4n) is 2.53. The zero-order valence-corrected chi connectivity index (χ0v) is 13.1. The van der Waals surface area contributed by atoms with Crippen LogP contribution in [0.3, 0.4) is 0 Å². The lowest BCUT2D eigenvalue weighted by Crippen LogP contribution is -2.49. The highest BCUT2D eigenvalue weighted by Gasteiger charge is 2.38. The lowest BCUT2D eigenvalue weighted by molar-refractivity contribution is -0.133. The third-order valence-corrected chi connectivity index (χ3v) is 5.25. The molecule has 1 heterocycles. The summed E-state index contributed by atoms with van der Waals surface area (Å²) in [7, 11) is 0. The average molecular weight is 272 g/mol. The van der Waals surface area contributed by atoms with Gasteiger partial charge >= 0.3 is 0 Å². The Bertz CT molecular complexity index is 267. The van der Waals surface area contributed by atoms with E-state index in [0.29, 0.717) is 0 Å². The summed E-state index contributed by atoms with van der Waals surface area (Å²) in [6.45, 7) is 9.22. The number of hydrogen-bond acceptors (Lipinski definition) is 3. The summed E-state index contributed by atoms with van der Waals surface area (Å²) in [5.74, 6) is 0.271. The molecule has 0 aromatic carbocycles. The molecule has 0 spiro atoms. The van der Waals surface area contributed by atoms with E-state index in [9.17, 15) is 4.79 Å². The van der Waals surface area contributed by atoms with Gasteiger partial charge in [-0.2, -0.15) is 11.8 Å². The van der Waals surface area contributed by atoms with Crippen LogP contribution in [0.1, 0.15) is 46.5 Å². The van der Waals surface area contributed by atoms with Crippen molar-refractivity contribution < 1.29 is 4.79 Å². The van der Waals surface area contributed by atoms with E-state index < -0.39 is 0 Å². The smallest absolute Gasteiger partial charge is 0.226 e. The van der Waals surface area contributed by atoms with Crippen molar-refractivity contribution in [1.29, 1.82) is 0 Å². The number of nitrogens with one attached hydrogen (secondary N) is 2. The number of rotatable bonds is 6. The molecule has 0 bridgehead atoms. The predicted octanol–water partition coefficient (Wildman–Crippen LogP) is 2.41. The van der Waals surface area contributed by atoms with Crippen molar-refractivity contribution in [2.24, 2.45) is 5.41 Å². The molecule has 0 aliphatic carbocycles. The molecule has 1 amide bonds. The first kappa shape index (κ1) is 15.8. The number of carbonyl (C=O) groups is 1. The van der Waals surface area contributed by atoms with Gasteiger partial charge in [-0.3, -0.25) is 4.79 Å². The maximum Gasteiger partial charge on any atom is 0.226 e. The lowest BCUT2D eigenvalue weighted by atomic mass is 9.74. The second-order valence-corrected chi connectivity index (χ2v) is 7.44. The van der Waals surface area contributed by atoms with Gasteiger partial charge in [-0.05, 0) is 52.5 Å². The van der Waals surface area contributed by atoms with Gasteiger partial charge in [0.05, 0.1) is 5.41 Å². The highest BCUT2D eigenvalue weighted by molar-refractivity contribution is 7.99. The summed E-state index contributed by atoms with van der Waals surface area (Å²) in [6, 6.07) is 0. The van der Waals surface area contributed by atoms with Gasteiger partial charge in [-0.15, -0.1) is 0 Å². The highest BCUT2D eigenvalue weighted by Crippen LogP contribution is 2.34. The number of carbonyl (C=O) groups excluding carboxylic acids is 1. The Kier molecular flexibility index (Phi) is 5.99. The van der Waals surface area contributed by atoms with Gasteiger partial charge in [-0.25, -0.2) is 0 Å². The van der Waals surface area contributed by atoms with Crippen molar-refractivity contribution in [2.45, 2.75) is 51.2 Å². The second kappa shape index (κ2) is 6.80. The first-order valence-electron chi connectivity index (χ1n) is 7.00. The monoisotopic (exact) mass is 272 g/mol. The van der Waals surface area contributed by atoms with Gasteiger partial charge < -0.3 is 10.6 Å². The number of thioether (sulfide) groups is 1. The molecule has 0 saturated carbocycles. The zero-order chi connectivity index (χ0) is 13.6. The largest absolute Gasteiger partial charge is 0.354 e. The molecule has 1 rings (SSSR count). The van der Waals surface area contributed by atoms with Crippen molar-refractivity contribution >= 4 is 17.7 Å². The van der Waals surface area contributed by atoms with Crippen molar-refractivity contribution in [2.75, 3.05) is 25.9 Å². The van der Waals surface area contributed by atoms with Crippen molar-refractivity contribution in [3.05, 3.63) is 0 Å². The molecule has 0 aromatic heterocycles. The third kappa shape index (κ3) is 4.16. The van der Waals surface area contributed by atoms with E-state index in [1.807, 2.05) is 0 Å². The minimum Gasteiger partial charge on any atom is -0.354 e. The quantitative estimate of drug-likeness (QED) is 0.780. The minimum atomic E-state index is -0.117. The van der Waals surface area contributed by atoms with E-state index in [4.69, 9.17) is 0 Å². The molecule has 2 N–H and O–H groups in total. The van der Waals surface area contributed by atoms with Gasteiger partial charge in [0.1, 0.15) is 0 Å². The Morgan fingerprint density at radius 1 is 1.39 bits per heavy atom. The summed E-state index contributed by atoms with van der Waals surface area (Å²) in [6.07, 6.45) is 6.15. The Morgan fingerprint density at radius 2 is 2.00 bits per heavy atom. The summed E-state index contributed by atoms with van der Waals surface area (Å²) in [4.78, 5) is 12.5. The Hall–Kier alpha value is -0.220. The van der Waals surface area contributed by atoms with Crippen LogP contribution in [0, 0.1) is 5.41 Å². The molecule has 106 valence electrons. The Labute approximate surface area is 116 Å². The van der Waals surface area contributed by atoms with Crippen LogP contribution in [-0.4, -0.2) is 36.5 Å². The normalized spacial score (nSPS) is 19.6. The summed E-state index contributed by atoms with van der Waals surface area (Å²) >= 11 is 1.80. The number of hydrogen-bond donors (Lipinski definition) is 2. The SMILES string of the molecule is CCCC1(C(=O)NCC(C)(C)SC)CCNCC1. The summed E-state index contributed by atoms with van der Waals surface area (Å²) in [5, 5.41) is 6.53. The first-order chi connectivity index (χ1) is 8.46. The molecule has 1 aliphatic heterocycles. The van der Waals surface area contributed by atoms with Crippen LogP contribution in [0.15, 0.2) is 0 Å². The topological polar surface area (TPSA) is 41.1 Å². The number of amides is 1. The summed E-state index contributed by atoms with van der Waals surface area (Å²) in [5.41, 5.74) is -0.117. The van der Waals surface area contributed by atoms with Gasteiger partial charge in [-0.1, -0.05) is 13.3 Å². The minimum absolute atomic E-state index is 0.117. The molecular formula is C14H28N2OS. The van der Waals surface area contributed by atoms with Crippen LogP contribution in [-0.2, 0) is 4.79 Å². The van der Waals surface area contributed by atoms with Crippen LogP contribution in [0.4, 0.5) is 0 Å². The fraction of sp³-hybridized carbons (Fsp3) is 0.929. The first-order valence-corrected chi connectivity index (χ1v) is 8.22. The van der Waals surface area contributed by atoms with E-state index in [1.165, 1.54) is 0 Å². The fourth-order valence-corrected chi connectivity index (χ4v) is 2.74. The molecule has 18 heavy (non-hydrogen) atoms. The molecule has 1 fully saturated rings. The average Bonchev–Trinajstić information content (AvgIpc) is 2.37. The highest BCUT2D eigenvalue weighted by atomic mass is 32.2. The van der Waals surface area contributed by atoms with Crippen LogP contribution < -0.4 is 10.6 Å². The number of piperidine rings is 1. The molecule has 1 saturated heterocycles. The van der Waals surface area contributed by atoms with Crippen LogP contribution >= 0.6 is 11.8 Å². The zero-order valence-electron chi connectivity index (χ0n) is 12.3. The van der Waals surface area contributed by atoms with E-state index in [-0.39, 0.29) is 16.1 Å². The molecule has 0 radical (unpaired) electrons. The molecule has 1 aliphatic rings. The van der Waals surface area contributed by atoms with Crippen molar-refractivity contribution in [3.63, 3.8) is 0 Å². The van der Waals surface area contributed by atoms with Crippen molar-refractivity contribution in [3.8, 4) is 0 Å². The second-order valence-electron chi connectivity index (χ2n) is 5.93. The van der Waals surface area contributed by atoms with Gasteiger partial charge in [0.15, 0.2) is 0 Å². The van der Waals surface area contributed by atoms with E-state index in [2.05, 4.69) is 37.7 Å². The molecule has 0 unspecified atom stereocenters. The molecule has 0 atom stereocenters. The lowest BCUT2D eigenvalue weighted by Gasteiger charge is -2.37. The van der Waals surface area contributed by atoms with E-state index >= 15 is 0 Å². The van der Waals surface area contributed by atoms with Crippen LogP contribution in [0.25, 0.3) is 0 Å². The van der Waals surface area contributed by atoms with E-state index in [0.717, 1.165) is 45.3 Å². The van der Waals surface area contributed by atoms with E-state index in [1.54, 1.807) is 11.8 Å². The molecule has 0 aromatic rings. The Morgan fingerprint density at radius 3 is 2.50 bits per heavy atom. The standard InChI is InChI=1S/C14H28N2OS/c1-5-6-14(7-9-15-10-8-14)12(17)16-11-13(2,3)18-4/h15H,5-11H2,1-4H3,(H,16,17).